The Morgan fingerprint density at radius 2 is 2.07 bits per heavy atom. The largest absolute Gasteiger partial charge is 0.385 e. The van der Waals surface area contributed by atoms with Gasteiger partial charge in [0.05, 0.1) is 0 Å². The molecule has 0 aromatic heterocycles. The highest BCUT2D eigenvalue weighted by molar-refractivity contribution is 5.80. The number of carbonyl (C=O) groups excluding carboxylic acids is 1. The molecule has 0 saturated heterocycles. The molecule has 0 heterocycles. The van der Waals surface area contributed by atoms with E-state index in [9.17, 15) is 4.79 Å². The van der Waals surface area contributed by atoms with Crippen molar-refractivity contribution in [2.75, 3.05) is 20.3 Å². The fourth-order valence-corrected chi connectivity index (χ4v) is 1.32. The second kappa shape index (κ2) is 9.16. The zero-order chi connectivity index (χ0) is 10.8. The molecule has 1 unspecified atom stereocenters. The first-order chi connectivity index (χ1) is 6.72. The third-order valence-corrected chi connectivity index (χ3v) is 2.43. The van der Waals surface area contributed by atoms with Gasteiger partial charge in [0.15, 0.2) is 0 Å². The maximum absolute atomic E-state index is 11.5. The predicted molar refractivity (Wildman–Crippen MR) is 58.2 cm³/mol. The number of ether oxygens (including phenoxy) is 1. The van der Waals surface area contributed by atoms with Gasteiger partial charge >= 0.3 is 0 Å². The van der Waals surface area contributed by atoms with E-state index in [1.807, 2.05) is 6.92 Å². The van der Waals surface area contributed by atoms with Gasteiger partial charge in [0.1, 0.15) is 5.78 Å². The first kappa shape index (κ1) is 13.6. The highest BCUT2D eigenvalue weighted by Gasteiger charge is 2.11. The Morgan fingerprint density at radius 3 is 2.64 bits per heavy atom. The summed E-state index contributed by atoms with van der Waals surface area (Å²) < 4.78 is 4.94. The summed E-state index contributed by atoms with van der Waals surface area (Å²) >= 11 is 0. The molecule has 0 spiro atoms. The maximum Gasteiger partial charge on any atom is 0.135 e. The van der Waals surface area contributed by atoms with Gasteiger partial charge in [0.2, 0.25) is 0 Å². The Hall–Kier alpha value is -0.410. The minimum Gasteiger partial charge on any atom is -0.385 e. The number of methoxy groups -OCH3 is 1. The van der Waals surface area contributed by atoms with Crippen LogP contribution in [0, 0.1) is 5.92 Å². The average molecular weight is 201 g/mol. The van der Waals surface area contributed by atoms with Crippen LogP contribution in [-0.4, -0.2) is 26.0 Å². The molecule has 0 aromatic rings. The Labute approximate surface area is 87.0 Å². The van der Waals surface area contributed by atoms with Crippen molar-refractivity contribution in [1.29, 1.82) is 0 Å². The molecule has 1 atom stereocenters. The molecule has 0 radical (unpaired) electrons. The molecule has 0 amide bonds. The number of hydrogen-bond acceptors (Lipinski definition) is 3. The van der Waals surface area contributed by atoms with Crippen molar-refractivity contribution in [3.63, 3.8) is 0 Å². The molecule has 84 valence electrons. The fraction of sp³-hybridized carbons (Fsp3) is 0.909. The molecule has 0 fully saturated rings. The number of rotatable bonds is 9. The lowest BCUT2D eigenvalue weighted by Crippen LogP contribution is -2.13. The van der Waals surface area contributed by atoms with Gasteiger partial charge in [-0.2, -0.15) is 0 Å². The summed E-state index contributed by atoms with van der Waals surface area (Å²) in [4.78, 5) is 11.5. The van der Waals surface area contributed by atoms with Crippen LogP contribution in [0.25, 0.3) is 0 Å². The Balaban J connectivity index is 3.42. The van der Waals surface area contributed by atoms with E-state index in [0.29, 0.717) is 18.8 Å². The minimum atomic E-state index is 0.146. The molecular weight excluding hydrogens is 178 g/mol. The van der Waals surface area contributed by atoms with Gasteiger partial charge in [0, 0.05) is 26.1 Å². The molecule has 0 saturated carbocycles. The van der Waals surface area contributed by atoms with Crippen LogP contribution in [0.1, 0.15) is 39.0 Å². The van der Waals surface area contributed by atoms with Crippen molar-refractivity contribution < 1.29 is 9.53 Å². The first-order valence-corrected chi connectivity index (χ1v) is 5.44. The second-order valence-electron chi connectivity index (χ2n) is 3.75. The number of ketones is 1. The summed E-state index contributed by atoms with van der Waals surface area (Å²) in [5.74, 6) is 0.506. The van der Waals surface area contributed by atoms with Crippen LogP contribution in [0.5, 0.6) is 0 Å². The highest BCUT2D eigenvalue weighted by atomic mass is 16.5. The Bertz CT molecular complexity index is 148. The number of nitrogens with two attached hydrogens (primary N) is 1. The van der Waals surface area contributed by atoms with Crippen molar-refractivity contribution in [2.45, 2.75) is 39.0 Å². The van der Waals surface area contributed by atoms with E-state index >= 15 is 0 Å². The van der Waals surface area contributed by atoms with Crippen molar-refractivity contribution in [2.24, 2.45) is 11.7 Å². The fourth-order valence-electron chi connectivity index (χ4n) is 1.32. The van der Waals surface area contributed by atoms with Gasteiger partial charge in [-0.1, -0.05) is 13.3 Å². The summed E-state index contributed by atoms with van der Waals surface area (Å²) in [5, 5.41) is 0. The molecule has 0 aromatic carbocycles. The quantitative estimate of drug-likeness (QED) is 0.578. The van der Waals surface area contributed by atoms with Gasteiger partial charge in [-0.3, -0.25) is 4.79 Å². The van der Waals surface area contributed by atoms with Crippen LogP contribution in [0.4, 0.5) is 0 Å². The van der Waals surface area contributed by atoms with E-state index in [0.717, 1.165) is 32.2 Å². The average Bonchev–Trinajstić information content (AvgIpc) is 2.20. The number of hydrogen-bond donors (Lipinski definition) is 1. The Kier molecular flexibility index (Phi) is 8.89. The van der Waals surface area contributed by atoms with E-state index in [4.69, 9.17) is 10.5 Å². The lowest BCUT2D eigenvalue weighted by Gasteiger charge is -2.09. The molecule has 0 bridgehead atoms. The molecule has 14 heavy (non-hydrogen) atoms. The zero-order valence-electron chi connectivity index (χ0n) is 9.42. The smallest absolute Gasteiger partial charge is 0.135 e. The molecule has 0 aliphatic heterocycles. The minimum absolute atomic E-state index is 0.146. The van der Waals surface area contributed by atoms with Crippen molar-refractivity contribution in [3.05, 3.63) is 0 Å². The zero-order valence-corrected chi connectivity index (χ0v) is 9.42. The molecule has 3 nitrogen and oxygen atoms in total. The lowest BCUT2D eigenvalue weighted by molar-refractivity contribution is -0.123. The summed E-state index contributed by atoms with van der Waals surface area (Å²) in [7, 11) is 1.67. The number of unbranched alkanes of at least 4 members (excludes halogenated alkanes) is 2. The van der Waals surface area contributed by atoms with Gasteiger partial charge < -0.3 is 10.5 Å². The normalized spacial score (nSPS) is 12.8. The monoisotopic (exact) mass is 201 g/mol. The van der Waals surface area contributed by atoms with Crippen LogP contribution < -0.4 is 5.73 Å². The lowest BCUT2D eigenvalue weighted by atomic mass is 9.98. The molecule has 0 aliphatic rings. The van der Waals surface area contributed by atoms with E-state index < -0.39 is 0 Å². The third-order valence-electron chi connectivity index (χ3n) is 2.43. The van der Waals surface area contributed by atoms with E-state index in [-0.39, 0.29) is 5.92 Å². The summed E-state index contributed by atoms with van der Waals surface area (Å²) in [6.45, 7) is 3.38. The standard InChI is InChI=1S/C11H23NO2/c1-10(7-9-14-2)11(13)6-4-3-5-8-12/h10H,3-9,12H2,1-2H3. The summed E-state index contributed by atoms with van der Waals surface area (Å²) in [6, 6.07) is 0. The maximum atomic E-state index is 11.5. The number of carbonyl (C=O) groups is 1. The number of Topliss-reactive ketones (excluding diaryl/α,β-unsaturated/α-hetero) is 1. The van der Waals surface area contributed by atoms with E-state index in [1.165, 1.54) is 0 Å². The predicted octanol–water partition coefficient (Wildman–Crippen LogP) is 1.75. The van der Waals surface area contributed by atoms with E-state index in [2.05, 4.69) is 0 Å². The van der Waals surface area contributed by atoms with E-state index in [1.54, 1.807) is 7.11 Å². The molecule has 3 heteroatoms. The van der Waals surface area contributed by atoms with Crippen LogP contribution in [0.3, 0.4) is 0 Å². The topological polar surface area (TPSA) is 52.3 Å². The third kappa shape index (κ3) is 7.04. The summed E-state index contributed by atoms with van der Waals surface area (Å²) in [6.07, 6.45) is 4.61. The highest BCUT2D eigenvalue weighted by Crippen LogP contribution is 2.09. The van der Waals surface area contributed by atoms with Gasteiger partial charge in [0.25, 0.3) is 0 Å². The van der Waals surface area contributed by atoms with Crippen LogP contribution >= 0.6 is 0 Å². The van der Waals surface area contributed by atoms with Crippen LogP contribution in [-0.2, 0) is 9.53 Å². The Morgan fingerprint density at radius 1 is 1.36 bits per heavy atom. The van der Waals surface area contributed by atoms with Crippen molar-refractivity contribution in [3.8, 4) is 0 Å². The van der Waals surface area contributed by atoms with Crippen molar-refractivity contribution >= 4 is 5.78 Å². The van der Waals surface area contributed by atoms with Crippen molar-refractivity contribution in [1.82, 2.24) is 0 Å². The molecule has 0 rings (SSSR count). The van der Waals surface area contributed by atoms with Crippen LogP contribution in [0.2, 0.25) is 0 Å². The summed E-state index contributed by atoms with van der Waals surface area (Å²) in [5.41, 5.74) is 5.37. The van der Waals surface area contributed by atoms with Gasteiger partial charge in [-0.25, -0.2) is 0 Å². The van der Waals surface area contributed by atoms with Crippen LogP contribution in [0.15, 0.2) is 0 Å². The molecular formula is C11H23NO2. The SMILES string of the molecule is COCCC(C)C(=O)CCCCCN. The molecule has 2 N–H and O–H groups in total. The molecule has 0 aliphatic carbocycles. The van der Waals surface area contributed by atoms with Gasteiger partial charge in [-0.05, 0) is 25.8 Å². The first-order valence-electron chi connectivity index (χ1n) is 5.44. The van der Waals surface area contributed by atoms with Gasteiger partial charge in [-0.15, -0.1) is 0 Å². The second-order valence-corrected chi connectivity index (χ2v) is 3.75.